The summed E-state index contributed by atoms with van der Waals surface area (Å²) in [6, 6.07) is -0.186. The number of nitrogens with zero attached hydrogens (tertiary/aromatic N) is 2. The largest absolute Gasteiger partial charge is 0.394 e. The summed E-state index contributed by atoms with van der Waals surface area (Å²) < 4.78 is 19.0. The van der Waals surface area contributed by atoms with Crippen molar-refractivity contribution in [3.05, 3.63) is 6.20 Å². The third-order valence-electron chi connectivity index (χ3n) is 4.89. The number of aromatic nitrogens is 2. The van der Waals surface area contributed by atoms with Gasteiger partial charge in [-0.3, -0.25) is 4.79 Å². The second kappa shape index (κ2) is 7.81. The Morgan fingerprint density at radius 1 is 1.24 bits per heavy atom. The molecule has 1 aromatic rings. The molecule has 1 aliphatic carbocycles. The molecule has 0 unspecified atom stereocenters. The Kier molecular flexibility index (Phi) is 5.52. The standard InChI is InChI=1S/C16H25FN6O2/c17-11-8-25-6-5-13(11)22-16-20-7-12(18)15(23-16)21-10-3-1-9(2-4-10)14(19)24/h7,9-11,13H,1-6,8,18H2,(H2,19,24)(H2,20,21,22,23)/t9-,10+,11-,13-/m1/s1. The van der Waals surface area contributed by atoms with Crippen molar-refractivity contribution < 1.29 is 13.9 Å². The monoisotopic (exact) mass is 352 g/mol. The highest BCUT2D eigenvalue weighted by Gasteiger charge is 2.27. The molecule has 25 heavy (non-hydrogen) atoms. The predicted octanol–water partition coefficient (Wildman–Crippen LogP) is 1.05. The number of anilines is 3. The van der Waals surface area contributed by atoms with E-state index in [1.54, 1.807) is 0 Å². The number of hydrogen-bond donors (Lipinski definition) is 4. The number of nitrogen functional groups attached to an aromatic ring is 1. The van der Waals surface area contributed by atoms with Crippen LogP contribution < -0.4 is 22.1 Å². The molecule has 2 atom stereocenters. The first-order chi connectivity index (χ1) is 12.0. The lowest BCUT2D eigenvalue weighted by Crippen LogP contribution is -2.39. The van der Waals surface area contributed by atoms with Gasteiger partial charge in [0.15, 0.2) is 5.82 Å². The van der Waals surface area contributed by atoms with Crippen LogP contribution in [0.4, 0.5) is 21.8 Å². The third-order valence-corrected chi connectivity index (χ3v) is 4.89. The quantitative estimate of drug-likeness (QED) is 0.623. The number of rotatable bonds is 5. The molecule has 2 heterocycles. The lowest BCUT2D eigenvalue weighted by molar-refractivity contribution is -0.122. The molecule has 1 saturated carbocycles. The van der Waals surface area contributed by atoms with E-state index in [0.29, 0.717) is 30.5 Å². The number of ether oxygens (including phenoxy) is 1. The summed E-state index contributed by atoms with van der Waals surface area (Å²) in [4.78, 5) is 19.8. The fourth-order valence-electron chi connectivity index (χ4n) is 3.32. The minimum atomic E-state index is -1.09. The van der Waals surface area contributed by atoms with E-state index in [0.717, 1.165) is 25.7 Å². The second-order valence-corrected chi connectivity index (χ2v) is 6.72. The summed E-state index contributed by atoms with van der Waals surface area (Å²) in [5.41, 5.74) is 11.8. The average molecular weight is 352 g/mol. The zero-order chi connectivity index (χ0) is 17.8. The van der Waals surface area contributed by atoms with Crippen LogP contribution in [0.15, 0.2) is 6.20 Å². The fraction of sp³-hybridized carbons (Fsp3) is 0.688. The van der Waals surface area contributed by atoms with Gasteiger partial charge in [-0.2, -0.15) is 4.98 Å². The van der Waals surface area contributed by atoms with Gasteiger partial charge in [0.25, 0.3) is 0 Å². The smallest absolute Gasteiger partial charge is 0.225 e. The van der Waals surface area contributed by atoms with Crippen LogP contribution in [0.2, 0.25) is 0 Å². The maximum atomic E-state index is 13.9. The van der Waals surface area contributed by atoms with E-state index in [1.165, 1.54) is 6.20 Å². The van der Waals surface area contributed by atoms with Gasteiger partial charge in [0, 0.05) is 18.6 Å². The lowest BCUT2D eigenvalue weighted by atomic mass is 9.85. The van der Waals surface area contributed by atoms with Crippen LogP contribution >= 0.6 is 0 Å². The van der Waals surface area contributed by atoms with Crippen LogP contribution in [-0.2, 0) is 9.53 Å². The number of hydrogen-bond acceptors (Lipinski definition) is 7. The van der Waals surface area contributed by atoms with Gasteiger partial charge in [-0.15, -0.1) is 0 Å². The van der Waals surface area contributed by atoms with Gasteiger partial charge >= 0.3 is 0 Å². The molecule has 1 amide bonds. The highest BCUT2D eigenvalue weighted by atomic mass is 19.1. The van der Waals surface area contributed by atoms with Gasteiger partial charge in [0.05, 0.1) is 24.5 Å². The Morgan fingerprint density at radius 3 is 2.68 bits per heavy atom. The highest BCUT2D eigenvalue weighted by Crippen LogP contribution is 2.28. The molecule has 6 N–H and O–H groups in total. The van der Waals surface area contributed by atoms with E-state index in [4.69, 9.17) is 16.2 Å². The molecule has 2 aliphatic rings. The van der Waals surface area contributed by atoms with E-state index in [1.807, 2.05) is 0 Å². The van der Waals surface area contributed by atoms with Crippen LogP contribution in [0.3, 0.4) is 0 Å². The van der Waals surface area contributed by atoms with Crippen LogP contribution in [0.25, 0.3) is 0 Å². The van der Waals surface area contributed by atoms with Crippen LogP contribution in [0.1, 0.15) is 32.1 Å². The number of carbonyl (C=O) groups excluding carboxylic acids is 1. The van der Waals surface area contributed by atoms with Crippen LogP contribution in [-0.4, -0.2) is 47.3 Å². The van der Waals surface area contributed by atoms with Gasteiger partial charge in [-0.25, -0.2) is 9.37 Å². The van der Waals surface area contributed by atoms with E-state index in [2.05, 4.69) is 20.6 Å². The van der Waals surface area contributed by atoms with Gasteiger partial charge in [0.1, 0.15) is 6.17 Å². The number of primary amides is 1. The predicted molar refractivity (Wildman–Crippen MR) is 92.8 cm³/mol. The molecule has 0 aromatic carbocycles. The summed E-state index contributed by atoms with van der Waals surface area (Å²) in [6.45, 7) is 0.599. The first kappa shape index (κ1) is 17.7. The van der Waals surface area contributed by atoms with Crippen molar-refractivity contribution in [3.8, 4) is 0 Å². The van der Waals surface area contributed by atoms with E-state index < -0.39 is 6.17 Å². The topological polar surface area (TPSA) is 128 Å². The zero-order valence-electron chi connectivity index (χ0n) is 14.1. The molecule has 0 spiro atoms. The van der Waals surface area contributed by atoms with Gasteiger partial charge in [-0.1, -0.05) is 0 Å². The third kappa shape index (κ3) is 4.47. The molecule has 0 bridgehead atoms. The van der Waals surface area contributed by atoms with Crippen molar-refractivity contribution in [1.29, 1.82) is 0 Å². The molecule has 2 fully saturated rings. The Morgan fingerprint density at radius 2 is 2.00 bits per heavy atom. The first-order valence-corrected chi connectivity index (χ1v) is 8.69. The number of halogens is 1. The maximum Gasteiger partial charge on any atom is 0.225 e. The minimum Gasteiger partial charge on any atom is -0.394 e. The zero-order valence-corrected chi connectivity index (χ0v) is 14.1. The number of nitrogens with two attached hydrogens (primary N) is 2. The van der Waals surface area contributed by atoms with Crippen molar-refractivity contribution in [2.45, 2.75) is 50.4 Å². The SMILES string of the molecule is Nc1cnc(N[C@@H]2CCOC[C@H]2F)nc1N[C@H]1CC[C@@H](C(N)=O)CC1. The molecule has 1 saturated heterocycles. The molecule has 8 nitrogen and oxygen atoms in total. The Balaban J connectivity index is 1.61. The number of nitrogens with one attached hydrogen (secondary N) is 2. The second-order valence-electron chi connectivity index (χ2n) is 6.72. The Hall–Kier alpha value is -2.16. The van der Waals surface area contributed by atoms with Gasteiger partial charge in [0.2, 0.25) is 11.9 Å². The van der Waals surface area contributed by atoms with Crippen molar-refractivity contribution >= 4 is 23.4 Å². The minimum absolute atomic E-state index is 0.0481. The van der Waals surface area contributed by atoms with E-state index >= 15 is 0 Å². The van der Waals surface area contributed by atoms with E-state index in [9.17, 15) is 9.18 Å². The summed E-state index contributed by atoms with van der Waals surface area (Å²) in [6.07, 6.45) is 4.16. The summed E-state index contributed by atoms with van der Waals surface area (Å²) in [5.74, 6) is 0.594. The number of carbonyl (C=O) groups is 1. The summed E-state index contributed by atoms with van der Waals surface area (Å²) >= 11 is 0. The summed E-state index contributed by atoms with van der Waals surface area (Å²) in [5, 5.41) is 6.33. The van der Waals surface area contributed by atoms with Crippen molar-refractivity contribution in [2.24, 2.45) is 11.7 Å². The molecule has 138 valence electrons. The first-order valence-electron chi connectivity index (χ1n) is 8.69. The molecule has 0 radical (unpaired) electrons. The molecular weight excluding hydrogens is 327 g/mol. The molecule has 3 rings (SSSR count). The van der Waals surface area contributed by atoms with Crippen molar-refractivity contribution in [3.63, 3.8) is 0 Å². The van der Waals surface area contributed by atoms with Crippen molar-refractivity contribution in [2.75, 3.05) is 29.6 Å². The van der Waals surface area contributed by atoms with Crippen LogP contribution in [0, 0.1) is 5.92 Å². The Bertz CT molecular complexity index is 608. The summed E-state index contributed by atoms with van der Waals surface area (Å²) in [7, 11) is 0. The lowest BCUT2D eigenvalue weighted by Gasteiger charge is -2.29. The number of alkyl halides is 1. The van der Waals surface area contributed by atoms with Gasteiger partial charge < -0.3 is 26.8 Å². The molecule has 1 aliphatic heterocycles. The molecule has 1 aromatic heterocycles. The molecular formula is C16H25FN6O2. The van der Waals surface area contributed by atoms with Gasteiger partial charge in [-0.05, 0) is 32.1 Å². The van der Waals surface area contributed by atoms with Crippen molar-refractivity contribution in [1.82, 2.24) is 9.97 Å². The maximum absolute atomic E-state index is 13.9. The number of amides is 1. The Labute approximate surface area is 145 Å². The van der Waals surface area contributed by atoms with E-state index in [-0.39, 0.29) is 30.5 Å². The van der Waals surface area contributed by atoms with Crippen LogP contribution in [0.5, 0.6) is 0 Å². The normalized spacial score (nSPS) is 29.8. The molecule has 9 heteroatoms. The highest BCUT2D eigenvalue weighted by molar-refractivity contribution is 5.76. The average Bonchev–Trinajstić information content (AvgIpc) is 2.60. The fourth-order valence-corrected chi connectivity index (χ4v) is 3.32.